The van der Waals surface area contributed by atoms with E-state index in [9.17, 15) is 4.79 Å². The van der Waals surface area contributed by atoms with Crippen molar-refractivity contribution in [3.8, 4) is 11.4 Å². The highest BCUT2D eigenvalue weighted by atomic mass is 16.1. The monoisotopic (exact) mass is 310 g/mol. The second-order valence-electron chi connectivity index (χ2n) is 6.09. The molecule has 1 N–H and O–H groups in total. The molecule has 3 heterocycles. The van der Waals surface area contributed by atoms with Crippen LogP contribution in [0.4, 0.5) is 5.82 Å². The van der Waals surface area contributed by atoms with Crippen LogP contribution in [0.3, 0.4) is 0 Å². The zero-order valence-electron chi connectivity index (χ0n) is 13.7. The molecular weight excluding hydrogens is 288 g/mol. The topological polar surface area (TPSA) is 61.9 Å². The SMILES string of the molecule is C=CC1CCN(c2ccc(-c3nc(C)c(C)c(=O)[nH]3)cn2)CC1. The molecule has 0 unspecified atom stereocenters. The van der Waals surface area contributed by atoms with Crippen LogP contribution in [0.25, 0.3) is 11.4 Å². The number of hydrogen-bond donors (Lipinski definition) is 1. The molecule has 120 valence electrons. The highest BCUT2D eigenvalue weighted by Crippen LogP contribution is 2.23. The minimum atomic E-state index is -0.0944. The number of hydrogen-bond acceptors (Lipinski definition) is 4. The Kier molecular flexibility index (Phi) is 4.28. The fraction of sp³-hybridized carbons (Fsp3) is 0.389. The van der Waals surface area contributed by atoms with Crippen molar-refractivity contribution in [1.82, 2.24) is 15.0 Å². The summed E-state index contributed by atoms with van der Waals surface area (Å²) in [6.07, 6.45) is 6.08. The first-order valence-corrected chi connectivity index (χ1v) is 8.00. The van der Waals surface area contributed by atoms with Gasteiger partial charge in [-0.05, 0) is 44.7 Å². The summed E-state index contributed by atoms with van der Waals surface area (Å²) in [7, 11) is 0. The molecule has 2 aromatic heterocycles. The van der Waals surface area contributed by atoms with Gasteiger partial charge in [0.15, 0.2) is 0 Å². The average Bonchev–Trinajstić information content (AvgIpc) is 2.59. The highest BCUT2D eigenvalue weighted by Gasteiger charge is 2.18. The molecule has 3 rings (SSSR count). The van der Waals surface area contributed by atoms with Crippen molar-refractivity contribution in [3.63, 3.8) is 0 Å². The molecule has 1 saturated heterocycles. The number of pyridine rings is 1. The van der Waals surface area contributed by atoms with Gasteiger partial charge in [-0.15, -0.1) is 6.58 Å². The van der Waals surface area contributed by atoms with Gasteiger partial charge >= 0.3 is 0 Å². The van der Waals surface area contributed by atoms with E-state index >= 15 is 0 Å². The van der Waals surface area contributed by atoms with Gasteiger partial charge in [-0.2, -0.15) is 0 Å². The molecule has 0 amide bonds. The number of nitrogens with zero attached hydrogens (tertiary/aromatic N) is 3. The highest BCUT2D eigenvalue weighted by molar-refractivity contribution is 5.56. The van der Waals surface area contributed by atoms with E-state index in [0.717, 1.165) is 43.0 Å². The summed E-state index contributed by atoms with van der Waals surface area (Å²) in [6.45, 7) is 9.50. The van der Waals surface area contributed by atoms with Crippen molar-refractivity contribution < 1.29 is 0 Å². The summed E-state index contributed by atoms with van der Waals surface area (Å²) in [5.74, 6) is 2.17. The van der Waals surface area contributed by atoms with Gasteiger partial charge in [0.05, 0.1) is 0 Å². The number of rotatable bonds is 3. The Balaban J connectivity index is 1.80. The Hall–Kier alpha value is -2.43. The fourth-order valence-corrected chi connectivity index (χ4v) is 2.86. The van der Waals surface area contributed by atoms with Crippen molar-refractivity contribution >= 4 is 5.82 Å². The maximum Gasteiger partial charge on any atom is 0.254 e. The molecule has 5 nitrogen and oxygen atoms in total. The standard InChI is InChI=1S/C18H22N4O/c1-4-14-7-9-22(10-8-14)16-6-5-15(11-19-16)17-20-13(3)12(2)18(23)21-17/h4-6,11,14H,1,7-10H2,2-3H3,(H,20,21,23). The number of allylic oxidation sites excluding steroid dienone is 1. The Morgan fingerprint density at radius 2 is 2.04 bits per heavy atom. The smallest absolute Gasteiger partial charge is 0.254 e. The fourth-order valence-electron chi connectivity index (χ4n) is 2.86. The molecule has 5 heteroatoms. The zero-order valence-corrected chi connectivity index (χ0v) is 13.7. The lowest BCUT2D eigenvalue weighted by Gasteiger charge is -2.31. The number of nitrogens with one attached hydrogen (secondary N) is 1. The minimum absolute atomic E-state index is 0.0944. The lowest BCUT2D eigenvalue weighted by atomic mass is 9.97. The molecule has 0 aromatic carbocycles. The number of aromatic amines is 1. The molecule has 0 spiro atoms. The number of aromatic nitrogens is 3. The summed E-state index contributed by atoms with van der Waals surface area (Å²) in [5, 5.41) is 0. The summed E-state index contributed by atoms with van der Waals surface area (Å²) in [5.41, 5.74) is 2.14. The van der Waals surface area contributed by atoms with Crippen molar-refractivity contribution in [3.05, 3.63) is 52.6 Å². The molecule has 0 radical (unpaired) electrons. The van der Waals surface area contributed by atoms with E-state index in [1.54, 1.807) is 13.1 Å². The predicted octanol–water partition coefficient (Wildman–Crippen LogP) is 2.85. The predicted molar refractivity (Wildman–Crippen MR) is 92.7 cm³/mol. The first-order chi connectivity index (χ1) is 11.1. The number of piperidine rings is 1. The summed E-state index contributed by atoms with van der Waals surface area (Å²) < 4.78 is 0. The van der Waals surface area contributed by atoms with E-state index < -0.39 is 0 Å². The van der Waals surface area contributed by atoms with Crippen LogP contribution in [0, 0.1) is 19.8 Å². The average molecular weight is 310 g/mol. The Morgan fingerprint density at radius 1 is 1.30 bits per heavy atom. The second kappa shape index (κ2) is 6.36. The van der Waals surface area contributed by atoms with Crippen LogP contribution in [-0.4, -0.2) is 28.0 Å². The van der Waals surface area contributed by atoms with E-state index in [2.05, 4.69) is 32.5 Å². The first-order valence-electron chi connectivity index (χ1n) is 8.00. The molecule has 0 atom stereocenters. The van der Waals surface area contributed by atoms with Gasteiger partial charge in [0.2, 0.25) is 0 Å². The Labute approximate surface area is 136 Å². The zero-order chi connectivity index (χ0) is 16.4. The van der Waals surface area contributed by atoms with Gasteiger partial charge in [0.1, 0.15) is 11.6 Å². The number of H-pyrrole nitrogens is 1. The van der Waals surface area contributed by atoms with Crippen LogP contribution < -0.4 is 10.5 Å². The van der Waals surface area contributed by atoms with Crippen LogP contribution >= 0.6 is 0 Å². The van der Waals surface area contributed by atoms with E-state index in [4.69, 9.17) is 0 Å². The van der Waals surface area contributed by atoms with Crippen molar-refractivity contribution in [2.24, 2.45) is 5.92 Å². The van der Waals surface area contributed by atoms with E-state index in [1.165, 1.54) is 0 Å². The first kappa shape index (κ1) is 15.5. The van der Waals surface area contributed by atoms with E-state index in [1.807, 2.05) is 19.1 Å². The van der Waals surface area contributed by atoms with Gasteiger partial charge in [0.25, 0.3) is 5.56 Å². The maximum atomic E-state index is 11.9. The largest absolute Gasteiger partial charge is 0.357 e. The molecule has 1 fully saturated rings. The van der Waals surface area contributed by atoms with Crippen LogP contribution in [-0.2, 0) is 0 Å². The molecular formula is C18H22N4O. The number of anilines is 1. The van der Waals surface area contributed by atoms with Gasteiger partial charge < -0.3 is 9.88 Å². The van der Waals surface area contributed by atoms with Crippen molar-refractivity contribution in [1.29, 1.82) is 0 Å². The summed E-state index contributed by atoms with van der Waals surface area (Å²) >= 11 is 0. The molecule has 23 heavy (non-hydrogen) atoms. The third-order valence-corrected chi connectivity index (χ3v) is 4.61. The lowest BCUT2D eigenvalue weighted by molar-refractivity contribution is 0.477. The Bertz CT molecular complexity index is 756. The summed E-state index contributed by atoms with van der Waals surface area (Å²) in [4.78, 5) is 26.0. The molecule has 0 bridgehead atoms. The van der Waals surface area contributed by atoms with Gasteiger partial charge in [-0.25, -0.2) is 9.97 Å². The third kappa shape index (κ3) is 3.18. The van der Waals surface area contributed by atoms with Crippen LogP contribution in [0.1, 0.15) is 24.1 Å². The summed E-state index contributed by atoms with van der Waals surface area (Å²) in [6, 6.07) is 3.97. The van der Waals surface area contributed by atoms with Crippen LogP contribution in [0.5, 0.6) is 0 Å². The van der Waals surface area contributed by atoms with Gasteiger partial charge in [-0.3, -0.25) is 4.79 Å². The third-order valence-electron chi connectivity index (χ3n) is 4.61. The molecule has 1 aliphatic heterocycles. The molecule has 0 saturated carbocycles. The Morgan fingerprint density at radius 3 is 2.61 bits per heavy atom. The second-order valence-corrected chi connectivity index (χ2v) is 6.09. The van der Waals surface area contributed by atoms with Crippen molar-refractivity contribution in [2.45, 2.75) is 26.7 Å². The molecule has 0 aliphatic carbocycles. The number of aryl methyl sites for hydroxylation is 1. The van der Waals surface area contributed by atoms with E-state index in [0.29, 0.717) is 17.3 Å². The van der Waals surface area contributed by atoms with Crippen LogP contribution in [0.2, 0.25) is 0 Å². The normalized spacial score (nSPS) is 15.7. The van der Waals surface area contributed by atoms with Gasteiger partial charge in [0, 0.05) is 36.1 Å². The molecule has 1 aliphatic rings. The lowest BCUT2D eigenvalue weighted by Crippen LogP contribution is -2.33. The molecule has 2 aromatic rings. The maximum absolute atomic E-state index is 11.9. The quantitative estimate of drug-likeness (QED) is 0.886. The van der Waals surface area contributed by atoms with Gasteiger partial charge in [-0.1, -0.05) is 6.08 Å². The van der Waals surface area contributed by atoms with Crippen molar-refractivity contribution in [2.75, 3.05) is 18.0 Å². The van der Waals surface area contributed by atoms with Crippen LogP contribution in [0.15, 0.2) is 35.8 Å². The minimum Gasteiger partial charge on any atom is -0.357 e. The van der Waals surface area contributed by atoms with E-state index in [-0.39, 0.29) is 5.56 Å².